The van der Waals surface area contributed by atoms with E-state index < -0.39 is 0 Å². The van der Waals surface area contributed by atoms with Crippen molar-refractivity contribution in [2.24, 2.45) is 5.18 Å². The molecule has 0 aliphatic carbocycles. The fourth-order valence-electron chi connectivity index (χ4n) is 4.39. The number of piperidine rings is 1. The molecular weight excluding hydrogens is 388 g/mol. The lowest BCUT2D eigenvalue weighted by molar-refractivity contribution is 0.117. The molecule has 2 aromatic carbocycles. The highest BCUT2D eigenvalue weighted by Gasteiger charge is 2.31. The molecule has 1 N–H and O–H groups in total. The summed E-state index contributed by atoms with van der Waals surface area (Å²) in [5, 5.41) is 16.4. The number of benzene rings is 2. The predicted molar refractivity (Wildman–Crippen MR) is 123 cm³/mol. The third-order valence-corrected chi connectivity index (χ3v) is 6.13. The second kappa shape index (κ2) is 11.6. The van der Waals surface area contributed by atoms with Crippen molar-refractivity contribution in [1.82, 2.24) is 10.2 Å². The van der Waals surface area contributed by atoms with E-state index in [9.17, 15) is 10.2 Å². The van der Waals surface area contributed by atoms with Gasteiger partial charge in [0.1, 0.15) is 11.8 Å². The number of nitriles is 1. The predicted octanol–water partition coefficient (Wildman–Crippen LogP) is 4.28. The molecule has 1 aliphatic rings. The van der Waals surface area contributed by atoms with Gasteiger partial charge in [-0.2, -0.15) is 10.2 Å². The molecule has 1 heterocycles. The fraction of sp³-hybridized carbons (Fsp3) is 0.480. The van der Waals surface area contributed by atoms with Gasteiger partial charge < -0.3 is 10.1 Å². The maximum absolute atomic E-state index is 11.8. The normalized spacial score (nSPS) is 18.7. The smallest absolute Gasteiger partial charge is 0.120 e. The van der Waals surface area contributed by atoms with Gasteiger partial charge in [0.2, 0.25) is 0 Å². The molecular formula is C25H32N4O2. The average molecular weight is 421 g/mol. The quantitative estimate of drug-likeness (QED) is 0.581. The van der Waals surface area contributed by atoms with Crippen LogP contribution in [0.25, 0.3) is 0 Å². The SMILES string of the molecule is COc1ccc(CC(C)NCC(N=O)C2CCCCN2Cc2ccccc2C#N)cc1. The average Bonchev–Trinajstić information content (AvgIpc) is 2.81. The number of hydrogen-bond acceptors (Lipinski definition) is 6. The summed E-state index contributed by atoms with van der Waals surface area (Å²) in [6.45, 7) is 4.30. The molecule has 0 saturated carbocycles. The largest absolute Gasteiger partial charge is 0.497 e. The van der Waals surface area contributed by atoms with Gasteiger partial charge in [0.15, 0.2) is 0 Å². The molecule has 6 nitrogen and oxygen atoms in total. The highest BCUT2D eigenvalue weighted by Crippen LogP contribution is 2.24. The maximum Gasteiger partial charge on any atom is 0.120 e. The molecule has 0 radical (unpaired) electrons. The van der Waals surface area contributed by atoms with Crippen LogP contribution in [0.1, 0.15) is 42.9 Å². The van der Waals surface area contributed by atoms with E-state index in [0.29, 0.717) is 18.7 Å². The van der Waals surface area contributed by atoms with Gasteiger partial charge in [0.05, 0.1) is 18.7 Å². The summed E-state index contributed by atoms with van der Waals surface area (Å²) in [6, 6.07) is 18.1. The van der Waals surface area contributed by atoms with Crippen LogP contribution in [0.4, 0.5) is 0 Å². The van der Waals surface area contributed by atoms with E-state index >= 15 is 0 Å². The first-order chi connectivity index (χ1) is 15.1. The van der Waals surface area contributed by atoms with Crippen LogP contribution < -0.4 is 10.1 Å². The number of nitrogens with one attached hydrogen (secondary N) is 1. The Morgan fingerprint density at radius 3 is 2.71 bits per heavy atom. The minimum absolute atomic E-state index is 0.0960. The van der Waals surface area contributed by atoms with Crippen LogP contribution in [0.2, 0.25) is 0 Å². The van der Waals surface area contributed by atoms with Crippen molar-refractivity contribution in [2.75, 3.05) is 20.2 Å². The maximum atomic E-state index is 11.8. The molecule has 1 aliphatic heterocycles. The van der Waals surface area contributed by atoms with Crippen LogP contribution >= 0.6 is 0 Å². The zero-order chi connectivity index (χ0) is 22.1. The minimum Gasteiger partial charge on any atom is -0.497 e. The van der Waals surface area contributed by atoms with Gasteiger partial charge in [-0.1, -0.05) is 41.9 Å². The Bertz CT molecular complexity index is 878. The first-order valence-corrected chi connectivity index (χ1v) is 11.1. The highest BCUT2D eigenvalue weighted by atomic mass is 16.5. The Morgan fingerprint density at radius 2 is 2.00 bits per heavy atom. The highest BCUT2D eigenvalue weighted by molar-refractivity contribution is 5.37. The second-order valence-corrected chi connectivity index (χ2v) is 8.34. The van der Waals surface area contributed by atoms with Gasteiger partial charge in [-0.15, -0.1) is 0 Å². The third-order valence-electron chi connectivity index (χ3n) is 6.13. The molecule has 3 unspecified atom stereocenters. The first-order valence-electron chi connectivity index (χ1n) is 11.1. The molecule has 2 aromatic rings. The van der Waals surface area contributed by atoms with E-state index in [0.717, 1.165) is 43.5 Å². The van der Waals surface area contributed by atoms with Crippen molar-refractivity contribution in [1.29, 1.82) is 5.26 Å². The summed E-state index contributed by atoms with van der Waals surface area (Å²) < 4.78 is 5.22. The Morgan fingerprint density at radius 1 is 1.23 bits per heavy atom. The van der Waals surface area contributed by atoms with Crippen molar-refractivity contribution >= 4 is 0 Å². The van der Waals surface area contributed by atoms with E-state index in [1.165, 1.54) is 5.56 Å². The van der Waals surface area contributed by atoms with Crippen LogP contribution in [0.3, 0.4) is 0 Å². The zero-order valence-electron chi connectivity index (χ0n) is 18.5. The summed E-state index contributed by atoms with van der Waals surface area (Å²) in [4.78, 5) is 14.1. The molecule has 1 fully saturated rings. The lowest BCUT2D eigenvalue weighted by Gasteiger charge is -2.38. The number of hydrogen-bond donors (Lipinski definition) is 1. The van der Waals surface area contributed by atoms with Gasteiger partial charge in [0.25, 0.3) is 0 Å². The zero-order valence-corrected chi connectivity index (χ0v) is 18.5. The van der Waals surface area contributed by atoms with Gasteiger partial charge in [-0.3, -0.25) is 4.90 Å². The van der Waals surface area contributed by atoms with Crippen molar-refractivity contribution < 1.29 is 4.74 Å². The molecule has 0 aromatic heterocycles. The van der Waals surface area contributed by atoms with Gasteiger partial charge >= 0.3 is 0 Å². The topological polar surface area (TPSA) is 77.7 Å². The Labute approximate surface area is 185 Å². The number of nitrogens with zero attached hydrogens (tertiary/aromatic N) is 3. The Balaban J connectivity index is 1.59. The summed E-state index contributed by atoms with van der Waals surface area (Å²) in [7, 11) is 1.67. The van der Waals surface area contributed by atoms with Crippen molar-refractivity contribution in [3.05, 3.63) is 70.1 Å². The van der Waals surface area contributed by atoms with Crippen LogP contribution in [0.15, 0.2) is 53.7 Å². The Kier molecular flexibility index (Phi) is 8.57. The minimum atomic E-state index is -0.312. The second-order valence-electron chi connectivity index (χ2n) is 8.34. The lowest BCUT2D eigenvalue weighted by Crippen LogP contribution is -2.50. The van der Waals surface area contributed by atoms with Crippen molar-refractivity contribution in [3.8, 4) is 11.8 Å². The van der Waals surface area contributed by atoms with E-state index in [4.69, 9.17) is 4.74 Å². The van der Waals surface area contributed by atoms with Gasteiger partial charge in [0, 0.05) is 25.2 Å². The van der Waals surface area contributed by atoms with E-state index in [2.05, 4.69) is 40.5 Å². The van der Waals surface area contributed by atoms with E-state index in [1.54, 1.807) is 7.11 Å². The summed E-state index contributed by atoms with van der Waals surface area (Å²) in [5.41, 5.74) is 2.94. The molecule has 31 heavy (non-hydrogen) atoms. The molecule has 3 atom stereocenters. The van der Waals surface area contributed by atoms with Crippen LogP contribution in [0, 0.1) is 16.2 Å². The number of nitroso groups, excluding NO2 is 1. The Hall–Kier alpha value is -2.75. The first kappa shape index (κ1) is 22.9. The molecule has 3 rings (SSSR count). The molecule has 0 bridgehead atoms. The molecule has 1 saturated heterocycles. The van der Waals surface area contributed by atoms with E-state index in [-0.39, 0.29) is 18.1 Å². The van der Waals surface area contributed by atoms with Crippen molar-refractivity contribution in [3.63, 3.8) is 0 Å². The molecule has 0 spiro atoms. The lowest BCUT2D eigenvalue weighted by atomic mass is 9.94. The van der Waals surface area contributed by atoms with Crippen molar-refractivity contribution in [2.45, 2.75) is 57.3 Å². The molecule has 164 valence electrons. The van der Waals surface area contributed by atoms with Crippen LogP contribution in [0.5, 0.6) is 5.75 Å². The summed E-state index contributed by atoms with van der Waals surface area (Å²) in [5.74, 6) is 0.852. The van der Waals surface area contributed by atoms with Gasteiger partial charge in [-0.25, -0.2) is 0 Å². The van der Waals surface area contributed by atoms with Crippen LogP contribution in [-0.2, 0) is 13.0 Å². The molecule has 0 amide bonds. The summed E-state index contributed by atoms with van der Waals surface area (Å²) in [6.07, 6.45) is 4.05. The van der Waals surface area contributed by atoms with Gasteiger partial charge in [-0.05, 0) is 62.1 Å². The number of methoxy groups -OCH3 is 1. The van der Waals surface area contributed by atoms with Crippen LogP contribution in [-0.4, -0.2) is 43.2 Å². The summed E-state index contributed by atoms with van der Waals surface area (Å²) >= 11 is 0. The fourth-order valence-corrected chi connectivity index (χ4v) is 4.39. The standard InChI is InChI=1S/C25H32N4O2/c1-19(15-20-10-12-23(31-2)13-11-20)27-17-24(28-30)25-9-5-6-14-29(25)18-22-8-4-3-7-21(22)16-26/h3-4,7-8,10-13,19,24-25,27H,5-6,9,14-15,17-18H2,1-2H3. The third kappa shape index (κ3) is 6.36. The number of likely N-dealkylation sites (tertiary alicyclic amines) is 1. The number of rotatable bonds is 10. The monoisotopic (exact) mass is 420 g/mol. The van der Waals surface area contributed by atoms with E-state index in [1.807, 2.05) is 36.4 Å². The number of ether oxygens (including phenoxy) is 1. The molecule has 6 heteroatoms.